The van der Waals surface area contributed by atoms with Gasteiger partial charge in [0.1, 0.15) is 31.0 Å². The van der Waals surface area contributed by atoms with Crippen molar-refractivity contribution in [3.8, 4) is 0 Å². The van der Waals surface area contributed by atoms with E-state index in [1.54, 1.807) is 0 Å². The average molecular weight is 273 g/mol. The molecule has 108 valence electrons. The van der Waals surface area contributed by atoms with Gasteiger partial charge in [-0.15, -0.1) is 0 Å². The van der Waals surface area contributed by atoms with E-state index in [4.69, 9.17) is 23.7 Å². The third kappa shape index (κ3) is 2.30. The monoisotopic (exact) mass is 273 g/mol. The van der Waals surface area contributed by atoms with Gasteiger partial charge in [0.15, 0.2) is 17.9 Å². The van der Waals surface area contributed by atoms with E-state index in [0.29, 0.717) is 0 Å². The molecule has 0 unspecified atom stereocenters. The smallest absolute Gasteiger partial charge is 0.190 e. The SMILES string of the molecule is CC1(C)O[C@@H]2O[C@@H](CN=O)[C@H]3OC(C)(C)O[C@H]3[C@@H]2O1. The van der Waals surface area contributed by atoms with Gasteiger partial charge in [-0.3, -0.25) is 0 Å². The zero-order valence-corrected chi connectivity index (χ0v) is 11.5. The molecule has 0 aromatic heterocycles. The summed E-state index contributed by atoms with van der Waals surface area (Å²) in [5.41, 5.74) is 0. The largest absolute Gasteiger partial charge is 0.342 e. The molecule has 3 aliphatic rings. The molecule has 7 nitrogen and oxygen atoms in total. The summed E-state index contributed by atoms with van der Waals surface area (Å²) in [4.78, 5) is 10.5. The van der Waals surface area contributed by atoms with Crippen molar-refractivity contribution in [1.29, 1.82) is 0 Å². The van der Waals surface area contributed by atoms with E-state index in [-0.39, 0.29) is 24.9 Å². The van der Waals surface area contributed by atoms with E-state index in [2.05, 4.69) is 5.18 Å². The molecule has 5 atom stereocenters. The number of nitrogens with zero attached hydrogens (tertiary/aromatic N) is 1. The third-order valence-corrected chi connectivity index (χ3v) is 3.51. The lowest BCUT2D eigenvalue weighted by Crippen LogP contribution is -2.55. The molecule has 3 heterocycles. The van der Waals surface area contributed by atoms with Gasteiger partial charge in [0.05, 0.1) is 0 Å². The van der Waals surface area contributed by atoms with Crippen LogP contribution in [0.5, 0.6) is 0 Å². The first-order chi connectivity index (χ1) is 8.81. The van der Waals surface area contributed by atoms with Crippen molar-refractivity contribution in [2.45, 2.75) is 70.0 Å². The van der Waals surface area contributed by atoms with Gasteiger partial charge in [-0.25, -0.2) is 0 Å². The number of ether oxygens (including phenoxy) is 5. The van der Waals surface area contributed by atoms with Crippen LogP contribution in [0.15, 0.2) is 5.18 Å². The fourth-order valence-corrected chi connectivity index (χ4v) is 2.91. The van der Waals surface area contributed by atoms with Gasteiger partial charge in [-0.2, -0.15) is 4.91 Å². The summed E-state index contributed by atoms with van der Waals surface area (Å²) in [5, 5.41) is 2.91. The van der Waals surface area contributed by atoms with Crippen molar-refractivity contribution < 1.29 is 23.7 Å². The molecule has 7 heteroatoms. The summed E-state index contributed by atoms with van der Waals surface area (Å²) in [6.45, 7) is 7.29. The molecule has 19 heavy (non-hydrogen) atoms. The number of rotatable bonds is 2. The highest BCUT2D eigenvalue weighted by atomic mass is 16.9. The van der Waals surface area contributed by atoms with Crippen LogP contribution in [0.2, 0.25) is 0 Å². The maximum atomic E-state index is 10.5. The summed E-state index contributed by atoms with van der Waals surface area (Å²) in [5.74, 6) is -1.47. The van der Waals surface area contributed by atoms with Gasteiger partial charge >= 0.3 is 0 Å². The van der Waals surface area contributed by atoms with Crippen LogP contribution in [0.3, 0.4) is 0 Å². The van der Waals surface area contributed by atoms with Crippen LogP contribution in [-0.2, 0) is 23.7 Å². The second-order valence-electron chi connectivity index (χ2n) is 6.02. The van der Waals surface area contributed by atoms with E-state index in [1.807, 2.05) is 27.7 Å². The van der Waals surface area contributed by atoms with E-state index in [1.165, 1.54) is 0 Å². The normalized spacial score (nSPS) is 46.6. The first-order valence-electron chi connectivity index (χ1n) is 6.47. The van der Waals surface area contributed by atoms with Crippen LogP contribution in [0.25, 0.3) is 0 Å². The standard InChI is InChI=1S/C12H19NO6/c1-11(2)16-7-6(5-13-14)15-10-9(8(7)17-11)18-12(3,4)19-10/h6-10H,5H2,1-4H3/t6-,7+,8+,9-,10-/m0/s1. The quantitative estimate of drug-likeness (QED) is 0.702. The van der Waals surface area contributed by atoms with Gasteiger partial charge in [-0.05, 0) is 27.7 Å². The van der Waals surface area contributed by atoms with Crippen LogP contribution in [0.4, 0.5) is 0 Å². The topological polar surface area (TPSA) is 75.6 Å². The fraction of sp³-hybridized carbons (Fsp3) is 1.00. The Hall–Kier alpha value is -0.600. The van der Waals surface area contributed by atoms with Crippen molar-refractivity contribution in [2.24, 2.45) is 5.18 Å². The summed E-state index contributed by atoms with van der Waals surface area (Å²) >= 11 is 0. The molecule has 0 aromatic carbocycles. The number of hydrogen-bond donors (Lipinski definition) is 0. The predicted molar refractivity (Wildman–Crippen MR) is 63.2 cm³/mol. The highest BCUT2D eigenvalue weighted by Gasteiger charge is 2.60. The molecule has 0 saturated carbocycles. The molecule has 0 bridgehead atoms. The maximum Gasteiger partial charge on any atom is 0.190 e. The summed E-state index contributed by atoms with van der Waals surface area (Å²) in [6, 6.07) is 0. The zero-order valence-electron chi connectivity index (χ0n) is 11.5. The first kappa shape index (κ1) is 13.4. The highest BCUT2D eigenvalue weighted by molar-refractivity contribution is 5.00. The van der Waals surface area contributed by atoms with Crippen molar-refractivity contribution >= 4 is 0 Å². The number of fused-ring (bicyclic) bond motifs is 3. The van der Waals surface area contributed by atoms with E-state index in [9.17, 15) is 4.91 Å². The minimum absolute atomic E-state index is 0.00755. The van der Waals surface area contributed by atoms with Crippen LogP contribution >= 0.6 is 0 Å². The van der Waals surface area contributed by atoms with Gasteiger partial charge in [0, 0.05) is 0 Å². The van der Waals surface area contributed by atoms with Gasteiger partial charge in [-0.1, -0.05) is 5.18 Å². The predicted octanol–water partition coefficient (Wildman–Crippen LogP) is 1.15. The van der Waals surface area contributed by atoms with Crippen LogP contribution in [-0.4, -0.2) is 48.8 Å². The molecular weight excluding hydrogens is 254 g/mol. The second-order valence-corrected chi connectivity index (χ2v) is 6.02. The molecule has 0 N–H and O–H groups in total. The summed E-state index contributed by atoms with van der Waals surface area (Å²) in [7, 11) is 0. The van der Waals surface area contributed by atoms with Gasteiger partial charge in [0.25, 0.3) is 0 Å². The average Bonchev–Trinajstić information content (AvgIpc) is 2.74. The molecule has 0 amide bonds. The Morgan fingerprint density at radius 3 is 2.16 bits per heavy atom. The lowest BCUT2D eigenvalue weighted by Gasteiger charge is -2.36. The minimum Gasteiger partial charge on any atom is -0.342 e. The Morgan fingerprint density at radius 2 is 1.47 bits per heavy atom. The van der Waals surface area contributed by atoms with Crippen LogP contribution < -0.4 is 0 Å². The molecule has 3 rings (SSSR count). The lowest BCUT2D eigenvalue weighted by molar-refractivity contribution is -0.231. The van der Waals surface area contributed by atoms with Gasteiger partial charge < -0.3 is 23.7 Å². The van der Waals surface area contributed by atoms with E-state index in [0.717, 1.165) is 0 Å². The van der Waals surface area contributed by atoms with Gasteiger partial charge in [0.2, 0.25) is 0 Å². The maximum absolute atomic E-state index is 10.5. The molecule has 0 spiro atoms. The molecule has 3 aliphatic heterocycles. The highest BCUT2D eigenvalue weighted by Crippen LogP contribution is 2.44. The third-order valence-electron chi connectivity index (χ3n) is 3.51. The zero-order chi connectivity index (χ0) is 13.8. The Labute approximate surface area is 111 Å². The summed E-state index contributed by atoms with van der Waals surface area (Å²) in [6.07, 6.45) is -2.07. The van der Waals surface area contributed by atoms with Crippen molar-refractivity contribution in [3.05, 3.63) is 4.91 Å². The Bertz CT molecular complexity index is 384. The van der Waals surface area contributed by atoms with Crippen LogP contribution in [0.1, 0.15) is 27.7 Å². The summed E-state index contributed by atoms with van der Waals surface area (Å²) < 4.78 is 29.0. The Morgan fingerprint density at radius 1 is 0.895 bits per heavy atom. The Balaban J connectivity index is 1.86. The molecule has 0 radical (unpaired) electrons. The van der Waals surface area contributed by atoms with E-state index >= 15 is 0 Å². The fourth-order valence-electron chi connectivity index (χ4n) is 2.91. The van der Waals surface area contributed by atoms with Crippen molar-refractivity contribution in [1.82, 2.24) is 0 Å². The minimum atomic E-state index is -0.737. The molecule has 0 aliphatic carbocycles. The van der Waals surface area contributed by atoms with Crippen molar-refractivity contribution in [2.75, 3.05) is 6.54 Å². The molecular formula is C12H19NO6. The Kier molecular flexibility index (Phi) is 2.96. The lowest BCUT2D eigenvalue weighted by atomic mass is 9.99. The van der Waals surface area contributed by atoms with E-state index < -0.39 is 24.0 Å². The van der Waals surface area contributed by atoms with Crippen LogP contribution in [0, 0.1) is 4.91 Å². The number of nitroso groups, excluding NO2 is 1. The second kappa shape index (κ2) is 4.20. The number of hydrogen-bond acceptors (Lipinski definition) is 7. The molecule has 3 saturated heterocycles. The molecule has 3 fully saturated rings. The first-order valence-corrected chi connectivity index (χ1v) is 6.47. The molecule has 0 aromatic rings. The van der Waals surface area contributed by atoms with Crippen molar-refractivity contribution in [3.63, 3.8) is 0 Å².